The highest BCUT2D eigenvalue weighted by Gasteiger charge is 2.43. The summed E-state index contributed by atoms with van der Waals surface area (Å²) in [6.45, 7) is 5.09. The minimum Gasteiger partial charge on any atom is -0.486 e. The zero-order chi connectivity index (χ0) is 18.9. The maximum absolute atomic E-state index is 13.3. The van der Waals surface area contributed by atoms with E-state index in [4.69, 9.17) is 14.2 Å². The van der Waals surface area contributed by atoms with E-state index < -0.39 is 11.4 Å². The number of ether oxygens (including phenoxy) is 3. The van der Waals surface area contributed by atoms with Crippen LogP contribution in [0.25, 0.3) is 0 Å². The molecule has 2 atom stereocenters. The van der Waals surface area contributed by atoms with E-state index in [1.165, 1.54) is 0 Å². The van der Waals surface area contributed by atoms with Gasteiger partial charge in [0.2, 0.25) is 5.91 Å². The quantitative estimate of drug-likeness (QED) is 0.859. The maximum atomic E-state index is 13.3. The van der Waals surface area contributed by atoms with Gasteiger partial charge in [0, 0.05) is 19.7 Å². The van der Waals surface area contributed by atoms with E-state index >= 15 is 0 Å². The number of likely N-dealkylation sites (tertiary alicyclic amines) is 1. The summed E-state index contributed by atoms with van der Waals surface area (Å²) in [7, 11) is 1.59. The maximum Gasteiger partial charge on any atom is 0.305 e. The lowest BCUT2D eigenvalue weighted by atomic mass is 9.82. The van der Waals surface area contributed by atoms with E-state index in [-0.39, 0.29) is 24.5 Å². The number of carbonyl (C=O) groups excluding carboxylic acids is 1. The standard InChI is InChI=1S/C19H25NO6/c1-19(2,12-4-5-15-16(8-12)26-7-6-25-15)18(23)20-11-14(24-3)9-13(20)10-17(21)22/h4-5,8,13-14H,6-7,9-11H2,1-3H3,(H,21,22). The van der Waals surface area contributed by atoms with E-state index in [9.17, 15) is 14.7 Å². The number of hydrogen-bond acceptors (Lipinski definition) is 5. The first-order chi connectivity index (χ1) is 12.3. The monoisotopic (exact) mass is 363 g/mol. The summed E-state index contributed by atoms with van der Waals surface area (Å²) in [5.41, 5.74) is -0.0171. The van der Waals surface area contributed by atoms with Crippen LogP contribution in [0.3, 0.4) is 0 Å². The smallest absolute Gasteiger partial charge is 0.305 e. The summed E-state index contributed by atoms with van der Waals surface area (Å²) in [5.74, 6) is 0.280. The predicted octanol–water partition coefficient (Wildman–Crippen LogP) is 1.83. The van der Waals surface area contributed by atoms with Crippen LogP contribution >= 0.6 is 0 Å². The zero-order valence-electron chi connectivity index (χ0n) is 15.4. The number of amides is 1. The molecule has 0 saturated carbocycles. The molecule has 26 heavy (non-hydrogen) atoms. The van der Waals surface area contributed by atoms with Gasteiger partial charge in [-0.15, -0.1) is 0 Å². The molecule has 7 nitrogen and oxygen atoms in total. The Morgan fingerprint density at radius 2 is 1.96 bits per heavy atom. The fourth-order valence-corrected chi connectivity index (χ4v) is 3.60. The molecule has 2 aliphatic heterocycles. The van der Waals surface area contributed by atoms with Crippen molar-refractivity contribution in [3.05, 3.63) is 23.8 Å². The number of methoxy groups -OCH3 is 1. The number of rotatable bonds is 5. The van der Waals surface area contributed by atoms with Gasteiger partial charge >= 0.3 is 5.97 Å². The summed E-state index contributed by atoms with van der Waals surface area (Å²) in [4.78, 5) is 26.1. The Labute approximate surface area is 152 Å². The number of fused-ring (bicyclic) bond motifs is 1. The van der Waals surface area contributed by atoms with Gasteiger partial charge in [-0.25, -0.2) is 0 Å². The van der Waals surface area contributed by atoms with Gasteiger partial charge in [-0.2, -0.15) is 0 Å². The lowest BCUT2D eigenvalue weighted by Crippen LogP contribution is -2.46. The summed E-state index contributed by atoms with van der Waals surface area (Å²) in [6, 6.07) is 5.15. The Morgan fingerprint density at radius 1 is 1.27 bits per heavy atom. The Balaban J connectivity index is 1.85. The van der Waals surface area contributed by atoms with Crippen molar-refractivity contribution in [3.63, 3.8) is 0 Å². The van der Waals surface area contributed by atoms with Crippen LogP contribution in [-0.2, 0) is 19.7 Å². The van der Waals surface area contributed by atoms with Crippen molar-refractivity contribution in [2.75, 3.05) is 26.9 Å². The van der Waals surface area contributed by atoms with Gasteiger partial charge in [0.1, 0.15) is 13.2 Å². The first kappa shape index (κ1) is 18.5. The molecule has 1 amide bonds. The second-order valence-corrected chi connectivity index (χ2v) is 7.29. The highest BCUT2D eigenvalue weighted by atomic mass is 16.6. The number of nitrogens with zero attached hydrogens (tertiary/aromatic N) is 1. The molecule has 0 bridgehead atoms. The van der Waals surface area contributed by atoms with Crippen molar-refractivity contribution in [1.29, 1.82) is 0 Å². The summed E-state index contributed by atoms with van der Waals surface area (Å²) >= 11 is 0. The highest BCUT2D eigenvalue weighted by Crippen LogP contribution is 2.37. The van der Waals surface area contributed by atoms with E-state index in [1.807, 2.05) is 32.0 Å². The number of carbonyl (C=O) groups is 2. The minimum absolute atomic E-state index is 0.0805. The third kappa shape index (κ3) is 3.49. The SMILES string of the molecule is COC1CC(CC(=O)O)N(C(=O)C(C)(C)c2ccc3c(c2)OCCO3)C1. The fraction of sp³-hybridized carbons (Fsp3) is 0.579. The fourth-order valence-electron chi connectivity index (χ4n) is 3.60. The molecule has 7 heteroatoms. The molecular formula is C19H25NO6. The predicted molar refractivity (Wildman–Crippen MR) is 93.6 cm³/mol. The van der Waals surface area contributed by atoms with Crippen LogP contribution in [-0.4, -0.2) is 60.9 Å². The highest BCUT2D eigenvalue weighted by molar-refractivity contribution is 5.88. The van der Waals surface area contributed by atoms with E-state index in [0.29, 0.717) is 37.7 Å². The molecule has 0 aromatic heterocycles. The second-order valence-electron chi connectivity index (χ2n) is 7.29. The van der Waals surface area contributed by atoms with Crippen LogP contribution in [0, 0.1) is 0 Å². The summed E-state index contributed by atoms with van der Waals surface area (Å²) in [5, 5.41) is 9.18. The van der Waals surface area contributed by atoms with Crippen LogP contribution in [0.2, 0.25) is 0 Å². The molecule has 2 aliphatic rings. The van der Waals surface area contributed by atoms with Crippen molar-refractivity contribution in [3.8, 4) is 11.5 Å². The van der Waals surface area contributed by atoms with Gasteiger partial charge in [-0.05, 0) is 38.0 Å². The van der Waals surface area contributed by atoms with Crippen molar-refractivity contribution in [2.24, 2.45) is 0 Å². The van der Waals surface area contributed by atoms with Crippen LogP contribution in [0.4, 0.5) is 0 Å². The molecule has 0 radical (unpaired) electrons. The van der Waals surface area contributed by atoms with Crippen molar-refractivity contribution in [2.45, 2.75) is 44.2 Å². The van der Waals surface area contributed by atoms with E-state index in [0.717, 1.165) is 5.56 Å². The molecule has 3 rings (SSSR count). The Kier molecular flexibility index (Phi) is 5.09. The number of benzene rings is 1. The number of hydrogen-bond donors (Lipinski definition) is 1. The van der Waals surface area contributed by atoms with E-state index in [2.05, 4.69) is 0 Å². The van der Waals surface area contributed by atoms with Gasteiger partial charge < -0.3 is 24.2 Å². The first-order valence-corrected chi connectivity index (χ1v) is 8.78. The first-order valence-electron chi connectivity index (χ1n) is 8.78. The average Bonchev–Trinajstić information content (AvgIpc) is 3.02. The molecule has 1 N–H and O–H groups in total. The normalized spacial score (nSPS) is 22.3. The van der Waals surface area contributed by atoms with Crippen LogP contribution in [0.5, 0.6) is 11.5 Å². The summed E-state index contributed by atoms with van der Waals surface area (Å²) in [6.07, 6.45) is 0.313. The molecule has 1 fully saturated rings. The second kappa shape index (κ2) is 7.15. The zero-order valence-corrected chi connectivity index (χ0v) is 15.4. The van der Waals surface area contributed by atoms with Crippen LogP contribution in [0.1, 0.15) is 32.3 Å². The molecule has 1 aromatic carbocycles. The van der Waals surface area contributed by atoms with Crippen LogP contribution in [0.15, 0.2) is 18.2 Å². The molecule has 2 unspecified atom stereocenters. The number of carboxylic acid groups (broad SMARTS) is 1. The van der Waals surface area contributed by atoms with Crippen molar-refractivity contribution < 1.29 is 28.9 Å². The minimum atomic E-state index is -0.915. The summed E-state index contributed by atoms with van der Waals surface area (Å²) < 4.78 is 16.5. The molecule has 142 valence electrons. The van der Waals surface area contributed by atoms with Crippen molar-refractivity contribution in [1.82, 2.24) is 4.90 Å². The van der Waals surface area contributed by atoms with Gasteiger partial charge in [0.05, 0.1) is 17.9 Å². The third-order valence-electron chi connectivity index (χ3n) is 5.18. The largest absolute Gasteiger partial charge is 0.486 e. The third-order valence-corrected chi connectivity index (χ3v) is 5.18. The number of carboxylic acids is 1. The lowest BCUT2D eigenvalue weighted by Gasteiger charge is -2.33. The molecule has 1 aromatic rings. The van der Waals surface area contributed by atoms with Gasteiger partial charge in [-0.1, -0.05) is 6.07 Å². The topological polar surface area (TPSA) is 85.3 Å². The van der Waals surface area contributed by atoms with Crippen molar-refractivity contribution >= 4 is 11.9 Å². The Hall–Kier alpha value is -2.28. The van der Waals surface area contributed by atoms with Crippen LogP contribution < -0.4 is 9.47 Å². The Bertz CT molecular complexity index is 701. The molecule has 2 heterocycles. The molecule has 1 saturated heterocycles. The van der Waals surface area contributed by atoms with Gasteiger partial charge in [0.25, 0.3) is 0 Å². The van der Waals surface area contributed by atoms with E-state index in [1.54, 1.807) is 12.0 Å². The average molecular weight is 363 g/mol. The van der Waals surface area contributed by atoms with Gasteiger partial charge in [0.15, 0.2) is 11.5 Å². The number of aliphatic carboxylic acids is 1. The van der Waals surface area contributed by atoms with Gasteiger partial charge in [-0.3, -0.25) is 9.59 Å². The molecular weight excluding hydrogens is 338 g/mol. The Morgan fingerprint density at radius 3 is 2.62 bits per heavy atom. The lowest BCUT2D eigenvalue weighted by molar-refractivity contribution is -0.141. The molecule has 0 spiro atoms. The molecule has 0 aliphatic carbocycles.